The van der Waals surface area contributed by atoms with E-state index in [0.717, 1.165) is 29.0 Å². The number of aromatic amines is 1. The van der Waals surface area contributed by atoms with Crippen molar-refractivity contribution < 1.29 is 4.42 Å². The second-order valence-electron chi connectivity index (χ2n) is 5.32. The highest BCUT2D eigenvalue weighted by Gasteiger charge is 2.16. The van der Waals surface area contributed by atoms with Crippen LogP contribution in [0.4, 0.5) is 11.6 Å². The zero-order valence-electron chi connectivity index (χ0n) is 13.7. The van der Waals surface area contributed by atoms with E-state index in [2.05, 4.69) is 15.1 Å². The van der Waals surface area contributed by atoms with Gasteiger partial charge in [0.05, 0.1) is 6.26 Å². The number of aromatic nitrogens is 4. The van der Waals surface area contributed by atoms with Crippen molar-refractivity contribution in [3.63, 3.8) is 0 Å². The van der Waals surface area contributed by atoms with E-state index in [-0.39, 0.29) is 5.95 Å². The maximum absolute atomic E-state index is 5.67. The molecule has 0 saturated heterocycles. The molecule has 7 heteroatoms. The van der Waals surface area contributed by atoms with Crippen molar-refractivity contribution in [2.45, 2.75) is 20.4 Å². The molecule has 3 aromatic heterocycles. The van der Waals surface area contributed by atoms with Crippen molar-refractivity contribution in [1.29, 1.82) is 0 Å². The smallest absolute Gasteiger partial charge is 0.222 e. The number of nitrogen functional groups attached to an aromatic ring is 2. The Kier molecular flexibility index (Phi) is 4.24. The SMILES string of the molecule is CCn1[nH]c2c(-c3ccco3)nc(N)nc21.Cc1ccccc1N. The highest BCUT2D eigenvalue weighted by molar-refractivity contribution is 5.87. The highest BCUT2D eigenvalue weighted by Crippen LogP contribution is 2.27. The molecule has 4 aromatic rings. The number of aryl methyl sites for hydroxylation is 2. The average molecular weight is 324 g/mol. The monoisotopic (exact) mass is 324 g/mol. The van der Waals surface area contributed by atoms with Crippen LogP contribution in [0.5, 0.6) is 0 Å². The summed E-state index contributed by atoms with van der Waals surface area (Å²) in [5, 5.41) is 3.15. The van der Waals surface area contributed by atoms with E-state index in [4.69, 9.17) is 15.9 Å². The summed E-state index contributed by atoms with van der Waals surface area (Å²) < 4.78 is 7.21. The molecule has 5 N–H and O–H groups in total. The van der Waals surface area contributed by atoms with Gasteiger partial charge in [-0.1, -0.05) is 18.2 Å². The van der Waals surface area contributed by atoms with Crippen LogP contribution in [0.3, 0.4) is 0 Å². The number of benzene rings is 1. The molecule has 0 fully saturated rings. The molecule has 7 nitrogen and oxygen atoms in total. The van der Waals surface area contributed by atoms with Crippen molar-refractivity contribution in [3.05, 3.63) is 48.2 Å². The van der Waals surface area contributed by atoms with Crippen LogP contribution in [0.1, 0.15) is 12.5 Å². The number of para-hydroxylation sites is 1. The normalized spacial score (nSPS) is 10.6. The first-order valence-electron chi connectivity index (χ1n) is 7.66. The third kappa shape index (κ3) is 2.96. The van der Waals surface area contributed by atoms with E-state index in [0.29, 0.717) is 11.5 Å². The molecule has 0 amide bonds. The molecule has 0 atom stereocenters. The average Bonchev–Trinajstić information content (AvgIpc) is 3.08. The van der Waals surface area contributed by atoms with Gasteiger partial charge >= 0.3 is 0 Å². The number of furan rings is 1. The van der Waals surface area contributed by atoms with E-state index in [1.54, 1.807) is 6.26 Å². The largest absolute Gasteiger partial charge is 0.463 e. The van der Waals surface area contributed by atoms with Crippen molar-refractivity contribution in [2.75, 3.05) is 11.5 Å². The minimum absolute atomic E-state index is 0.255. The second-order valence-corrected chi connectivity index (χ2v) is 5.32. The molecule has 0 aliphatic rings. The van der Waals surface area contributed by atoms with Crippen LogP contribution in [0, 0.1) is 6.92 Å². The van der Waals surface area contributed by atoms with Crippen LogP contribution in [0.15, 0.2) is 47.1 Å². The minimum atomic E-state index is 0.255. The van der Waals surface area contributed by atoms with Crippen molar-refractivity contribution in [3.8, 4) is 11.5 Å². The fourth-order valence-corrected chi connectivity index (χ4v) is 2.31. The Hall–Kier alpha value is -3.22. The number of hydrogen-bond donors (Lipinski definition) is 3. The number of hydrogen-bond acceptors (Lipinski definition) is 5. The molecule has 1 aromatic carbocycles. The number of nitrogens with one attached hydrogen (secondary N) is 1. The topological polar surface area (TPSA) is 112 Å². The Morgan fingerprint density at radius 2 is 1.92 bits per heavy atom. The summed E-state index contributed by atoms with van der Waals surface area (Å²) in [5.41, 5.74) is 15.6. The van der Waals surface area contributed by atoms with Crippen molar-refractivity contribution in [1.82, 2.24) is 19.7 Å². The predicted molar refractivity (Wildman–Crippen MR) is 95.3 cm³/mol. The molecule has 0 spiro atoms. The lowest BCUT2D eigenvalue weighted by Crippen LogP contribution is -2.14. The molecule has 0 unspecified atom stereocenters. The van der Waals surface area contributed by atoms with Gasteiger partial charge in [-0.25, -0.2) is 4.98 Å². The maximum Gasteiger partial charge on any atom is 0.222 e. The highest BCUT2D eigenvalue weighted by atomic mass is 16.3. The van der Waals surface area contributed by atoms with Crippen molar-refractivity contribution >= 4 is 22.8 Å². The van der Waals surface area contributed by atoms with Gasteiger partial charge in [0.25, 0.3) is 0 Å². The Morgan fingerprint density at radius 3 is 2.50 bits per heavy atom. The second kappa shape index (κ2) is 6.49. The first-order valence-corrected chi connectivity index (χ1v) is 7.66. The molecule has 0 aliphatic heterocycles. The summed E-state index contributed by atoms with van der Waals surface area (Å²) in [6.07, 6.45) is 1.61. The molecular weight excluding hydrogens is 304 g/mol. The van der Waals surface area contributed by atoms with Crippen LogP contribution >= 0.6 is 0 Å². The number of rotatable bonds is 2. The van der Waals surface area contributed by atoms with Crippen LogP contribution in [0.2, 0.25) is 0 Å². The summed E-state index contributed by atoms with van der Waals surface area (Å²) in [6.45, 7) is 4.84. The number of anilines is 2. The molecule has 0 radical (unpaired) electrons. The number of H-pyrrole nitrogens is 1. The Morgan fingerprint density at radius 1 is 1.12 bits per heavy atom. The molecule has 3 heterocycles. The summed E-state index contributed by atoms with van der Waals surface area (Å²) in [6, 6.07) is 11.5. The van der Waals surface area contributed by atoms with E-state index in [1.807, 2.05) is 54.9 Å². The van der Waals surface area contributed by atoms with Gasteiger partial charge in [0.1, 0.15) is 11.2 Å². The predicted octanol–water partition coefficient (Wildman–Crippen LogP) is 3.20. The first-order chi connectivity index (χ1) is 11.6. The Bertz CT molecular complexity index is 914. The van der Waals surface area contributed by atoms with Gasteiger partial charge in [0.15, 0.2) is 11.4 Å². The maximum atomic E-state index is 5.67. The van der Waals surface area contributed by atoms with Gasteiger partial charge in [-0.05, 0) is 37.6 Å². The zero-order valence-corrected chi connectivity index (χ0v) is 13.7. The van der Waals surface area contributed by atoms with Crippen LogP contribution < -0.4 is 11.5 Å². The standard InChI is InChI=1S/C10H11N5O.C7H9N/c1-2-15-9-8(14-15)7(12-10(11)13-9)6-4-3-5-16-6;1-6-4-2-3-5-7(6)8/h3-5,14H,2H2,1H3,(H2,11,12,13);2-5H,8H2,1H3. The van der Waals surface area contributed by atoms with Crippen LogP contribution in [-0.2, 0) is 6.54 Å². The summed E-state index contributed by atoms with van der Waals surface area (Å²) in [7, 11) is 0. The van der Waals surface area contributed by atoms with Gasteiger partial charge in [-0.3, -0.25) is 9.78 Å². The lowest BCUT2D eigenvalue weighted by molar-refractivity contribution is 0.578. The fourth-order valence-electron chi connectivity index (χ4n) is 2.31. The minimum Gasteiger partial charge on any atom is -0.463 e. The van der Waals surface area contributed by atoms with E-state index in [1.165, 1.54) is 0 Å². The quantitative estimate of drug-likeness (QED) is 0.490. The summed E-state index contributed by atoms with van der Waals surface area (Å²) >= 11 is 0. The molecule has 124 valence electrons. The van der Waals surface area contributed by atoms with Crippen molar-refractivity contribution in [2.24, 2.45) is 0 Å². The lowest BCUT2D eigenvalue weighted by atomic mass is 10.2. The Labute approximate surface area is 139 Å². The number of fused-ring (bicyclic) bond motifs is 1. The summed E-state index contributed by atoms with van der Waals surface area (Å²) in [5.74, 6) is 0.943. The van der Waals surface area contributed by atoms with Gasteiger partial charge in [0.2, 0.25) is 5.95 Å². The lowest BCUT2D eigenvalue weighted by Gasteiger charge is -2.15. The molecule has 0 saturated carbocycles. The Balaban J connectivity index is 0.000000179. The molecule has 0 aliphatic carbocycles. The molecule has 0 bridgehead atoms. The van der Waals surface area contributed by atoms with Gasteiger partial charge in [-0.15, -0.1) is 0 Å². The van der Waals surface area contributed by atoms with Crippen LogP contribution in [-0.4, -0.2) is 19.7 Å². The third-order valence-electron chi connectivity index (χ3n) is 3.67. The number of nitrogens with zero attached hydrogens (tertiary/aromatic N) is 3. The third-order valence-corrected chi connectivity index (χ3v) is 3.67. The van der Waals surface area contributed by atoms with Crippen LogP contribution in [0.25, 0.3) is 22.6 Å². The molecule has 24 heavy (non-hydrogen) atoms. The molecular formula is C17H20N6O. The van der Waals surface area contributed by atoms with Gasteiger partial charge < -0.3 is 15.9 Å². The van der Waals surface area contributed by atoms with E-state index in [9.17, 15) is 0 Å². The fraction of sp³-hybridized carbons (Fsp3) is 0.176. The summed E-state index contributed by atoms with van der Waals surface area (Å²) in [4.78, 5) is 8.35. The number of nitrogens with two attached hydrogens (primary N) is 2. The zero-order chi connectivity index (χ0) is 17.1. The van der Waals surface area contributed by atoms with E-state index >= 15 is 0 Å². The van der Waals surface area contributed by atoms with Gasteiger partial charge in [0, 0.05) is 12.2 Å². The molecule has 4 rings (SSSR count). The van der Waals surface area contributed by atoms with Gasteiger partial charge in [-0.2, -0.15) is 4.98 Å². The van der Waals surface area contributed by atoms with E-state index < -0.39 is 0 Å². The first kappa shape index (κ1) is 15.7.